The zero-order valence-corrected chi connectivity index (χ0v) is 5.83. The summed E-state index contributed by atoms with van der Waals surface area (Å²) in [5.74, 6) is 0. The van der Waals surface area contributed by atoms with Crippen molar-refractivity contribution in [1.82, 2.24) is 10.6 Å². The van der Waals surface area contributed by atoms with Crippen molar-refractivity contribution in [3.05, 3.63) is 0 Å². The third-order valence-electron chi connectivity index (χ3n) is 0.979. The maximum Gasteiger partial charge on any atom is 0.00766 e. The van der Waals surface area contributed by atoms with Crippen LogP contribution in [0.4, 0.5) is 0 Å². The number of nitrogens with one attached hydrogen (secondary N) is 2. The Hall–Kier alpha value is -0.0800. The van der Waals surface area contributed by atoms with Gasteiger partial charge in [-0.25, -0.2) is 0 Å². The molecule has 2 heteroatoms. The third kappa shape index (κ3) is 5.92. The van der Waals surface area contributed by atoms with Gasteiger partial charge in [-0.3, -0.25) is 0 Å². The Morgan fingerprint density at radius 3 is 2.50 bits per heavy atom. The van der Waals surface area contributed by atoms with Gasteiger partial charge in [0, 0.05) is 15.9 Å². The lowest BCUT2D eigenvalue weighted by molar-refractivity contribution is 0.641. The topological polar surface area (TPSA) is 24.1 Å². The van der Waals surface area contributed by atoms with Crippen molar-refractivity contribution in [3.8, 4) is 0 Å². The first kappa shape index (κ1) is 7.92. The van der Waals surface area contributed by atoms with E-state index in [9.17, 15) is 0 Å². The lowest BCUT2D eigenvalue weighted by atomic mass is 10.5. The Bertz CT molecular complexity index is 38.7. The molecule has 0 fully saturated rings. The molecule has 0 aromatic heterocycles. The summed E-state index contributed by atoms with van der Waals surface area (Å²) in [6.07, 6.45) is 1.23. The first-order valence-corrected chi connectivity index (χ1v) is 3.27. The van der Waals surface area contributed by atoms with Crippen LogP contribution < -0.4 is 10.6 Å². The third-order valence-corrected chi connectivity index (χ3v) is 0.979. The van der Waals surface area contributed by atoms with Gasteiger partial charge in [-0.2, -0.15) is 0 Å². The molecule has 0 spiro atoms. The summed E-state index contributed by atoms with van der Waals surface area (Å²) >= 11 is 0. The predicted octanol–water partition coefficient (Wildman–Crippen LogP) is 0.697. The fourth-order valence-electron chi connectivity index (χ4n) is 0.515. The van der Waals surface area contributed by atoms with Crippen LogP contribution in [-0.2, 0) is 0 Å². The van der Waals surface area contributed by atoms with E-state index < -0.39 is 0 Å². The highest BCUT2D eigenvalue weighted by Crippen LogP contribution is 1.66. The summed E-state index contributed by atoms with van der Waals surface area (Å²) in [6, 6.07) is 0. The van der Waals surface area contributed by atoms with E-state index in [0.717, 1.165) is 19.6 Å². The summed E-state index contributed by atoms with van der Waals surface area (Å²) in [6.45, 7) is 5.47. The van der Waals surface area contributed by atoms with Crippen molar-refractivity contribution in [2.45, 2.75) is 13.3 Å². The second kappa shape index (κ2) is 6.92. The molecule has 2 nitrogen and oxygen atoms in total. The van der Waals surface area contributed by atoms with E-state index in [1.165, 1.54) is 6.42 Å². The van der Waals surface area contributed by atoms with Gasteiger partial charge in [-0.05, 0) is 20.0 Å². The quantitative estimate of drug-likeness (QED) is 0.522. The van der Waals surface area contributed by atoms with Gasteiger partial charge < -0.3 is 10.6 Å². The molecular formula is C6H20N2. The summed E-state index contributed by atoms with van der Waals surface area (Å²) < 4.78 is 0. The van der Waals surface area contributed by atoms with Crippen LogP contribution >= 0.6 is 0 Å². The van der Waals surface area contributed by atoms with Crippen LogP contribution in [0.2, 0.25) is 0 Å². The molecule has 0 saturated carbocycles. The first-order chi connectivity index (χ1) is 3.91. The maximum atomic E-state index is 3.27. The zero-order chi connectivity index (χ0) is 6.24. The molecule has 0 aromatic carbocycles. The van der Waals surface area contributed by atoms with Crippen LogP contribution in [0.15, 0.2) is 0 Å². The smallest absolute Gasteiger partial charge is 0.00766 e. The van der Waals surface area contributed by atoms with Crippen molar-refractivity contribution in [2.75, 3.05) is 26.7 Å². The normalized spacial score (nSPS) is 9.75. The van der Waals surface area contributed by atoms with E-state index in [1.54, 1.807) is 0 Å². The average Bonchev–Trinajstić information content (AvgIpc) is 1.81. The molecule has 0 aliphatic carbocycles. The Kier molecular flexibility index (Phi) is 6.85. The summed E-state index contributed by atoms with van der Waals surface area (Å²) in [5.41, 5.74) is 0. The number of rotatable bonds is 5. The molecule has 0 heterocycles. The van der Waals surface area contributed by atoms with Crippen molar-refractivity contribution < 1.29 is 2.85 Å². The van der Waals surface area contributed by atoms with Crippen molar-refractivity contribution in [2.24, 2.45) is 0 Å². The monoisotopic (exact) mass is 120 g/mol. The van der Waals surface area contributed by atoms with Crippen molar-refractivity contribution in [3.63, 3.8) is 0 Å². The number of hydrogen-bond acceptors (Lipinski definition) is 2. The lowest BCUT2D eigenvalue weighted by Crippen LogP contribution is -2.25. The SMILES string of the molecule is CCCNCCNC.[HH].[HH]. The van der Waals surface area contributed by atoms with Crippen LogP contribution in [0.3, 0.4) is 0 Å². The van der Waals surface area contributed by atoms with Crippen LogP contribution in [0.5, 0.6) is 0 Å². The highest BCUT2D eigenvalue weighted by Gasteiger charge is 1.79. The fraction of sp³-hybridized carbons (Fsp3) is 1.00. The highest BCUT2D eigenvalue weighted by molar-refractivity contribution is 4.45. The van der Waals surface area contributed by atoms with Gasteiger partial charge in [-0.15, -0.1) is 0 Å². The van der Waals surface area contributed by atoms with Gasteiger partial charge >= 0.3 is 0 Å². The molecule has 0 aliphatic heterocycles. The molecule has 0 atom stereocenters. The lowest BCUT2D eigenvalue weighted by Gasteiger charge is -1.99. The van der Waals surface area contributed by atoms with Gasteiger partial charge in [0.1, 0.15) is 0 Å². The highest BCUT2D eigenvalue weighted by atomic mass is 14.9. The van der Waals surface area contributed by atoms with E-state index in [-0.39, 0.29) is 2.85 Å². The molecule has 0 aliphatic rings. The van der Waals surface area contributed by atoms with Gasteiger partial charge in [-0.1, -0.05) is 6.92 Å². The van der Waals surface area contributed by atoms with Crippen molar-refractivity contribution in [1.29, 1.82) is 0 Å². The molecule has 0 amide bonds. The first-order valence-electron chi connectivity index (χ1n) is 3.27. The summed E-state index contributed by atoms with van der Waals surface area (Å²) in [5, 5.41) is 6.34. The minimum atomic E-state index is 0. The van der Waals surface area contributed by atoms with E-state index >= 15 is 0 Å². The van der Waals surface area contributed by atoms with Gasteiger partial charge in [0.25, 0.3) is 0 Å². The second-order valence-corrected chi connectivity index (χ2v) is 1.85. The van der Waals surface area contributed by atoms with Crippen LogP contribution in [-0.4, -0.2) is 26.7 Å². The average molecular weight is 120 g/mol. The Morgan fingerprint density at radius 1 is 1.25 bits per heavy atom. The van der Waals surface area contributed by atoms with E-state index in [1.807, 2.05) is 7.05 Å². The molecule has 0 aromatic rings. The van der Waals surface area contributed by atoms with Crippen LogP contribution in [0.25, 0.3) is 0 Å². The molecule has 0 rings (SSSR count). The Balaban J connectivity index is -0.000000245. The van der Waals surface area contributed by atoms with Crippen molar-refractivity contribution >= 4 is 0 Å². The molecule has 0 saturated heterocycles. The number of likely N-dealkylation sites (N-methyl/N-ethyl adjacent to an activating group) is 1. The minimum Gasteiger partial charge on any atom is -0.318 e. The molecule has 0 unspecified atom stereocenters. The fourth-order valence-corrected chi connectivity index (χ4v) is 0.515. The van der Waals surface area contributed by atoms with Crippen LogP contribution in [0.1, 0.15) is 16.2 Å². The zero-order valence-electron chi connectivity index (χ0n) is 5.83. The van der Waals surface area contributed by atoms with Gasteiger partial charge in [0.15, 0.2) is 0 Å². The van der Waals surface area contributed by atoms with E-state index in [2.05, 4.69) is 17.6 Å². The maximum absolute atomic E-state index is 3.27. The number of hydrogen-bond donors (Lipinski definition) is 2. The molecule has 2 N–H and O–H groups in total. The largest absolute Gasteiger partial charge is 0.318 e. The predicted molar refractivity (Wildman–Crippen MR) is 41.3 cm³/mol. The van der Waals surface area contributed by atoms with Gasteiger partial charge in [0.2, 0.25) is 0 Å². The molecular weight excluding hydrogens is 100 g/mol. The molecule has 0 radical (unpaired) electrons. The van der Waals surface area contributed by atoms with E-state index in [0.29, 0.717) is 0 Å². The van der Waals surface area contributed by atoms with Crippen LogP contribution in [0, 0.1) is 0 Å². The molecule has 8 heavy (non-hydrogen) atoms. The second-order valence-electron chi connectivity index (χ2n) is 1.85. The Labute approximate surface area is 54.6 Å². The molecule has 54 valence electrons. The molecule has 0 bridgehead atoms. The Morgan fingerprint density at radius 2 is 2.00 bits per heavy atom. The minimum absolute atomic E-state index is 0. The van der Waals surface area contributed by atoms with E-state index in [4.69, 9.17) is 0 Å². The summed E-state index contributed by atoms with van der Waals surface area (Å²) in [4.78, 5) is 0. The van der Waals surface area contributed by atoms with Gasteiger partial charge in [0.05, 0.1) is 0 Å². The standard InChI is InChI=1S/C6H16N2.2H2/c1-3-4-8-6-5-7-2;;/h7-8H,3-6H2,1-2H3;2*1H. The summed E-state index contributed by atoms with van der Waals surface area (Å²) in [7, 11) is 1.97.